The number of anilines is 1. The quantitative estimate of drug-likeness (QED) is 0.612. The molecular formula is C24H23N3O3S. The number of hydrogen-bond donors (Lipinski definition) is 2. The second kappa shape index (κ2) is 8.73. The van der Waals surface area contributed by atoms with Crippen molar-refractivity contribution in [3.63, 3.8) is 0 Å². The van der Waals surface area contributed by atoms with Crippen LogP contribution in [-0.2, 0) is 9.59 Å². The molecule has 3 aromatic rings. The molecule has 1 aromatic heterocycles. The molecule has 7 heteroatoms. The first-order valence-electron chi connectivity index (χ1n) is 10.0. The van der Waals surface area contributed by atoms with Crippen LogP contribution >= 0.6 is 11.3 Å². The summed E-state index contributed by atoms with van der Waals surface area (Å²) in [5.41, 5.74) is 8.18. The molecule has 2 heterocycles. The van der Waals surface area contributed by atoms with Gasteiger partial charge in [-0.3, -0.25) is 25.2 Å². The lowest BCUT2D eigenvalue weighted by atomic mass is 9.98. The van der Waals surface area contributed by atoms with Crippen molar-refractivity contribution >= 4 is 34.7 Å². The third-order valence-electron chi connectivity index (χ3n) is 5.50. The molecule has 31 heavy (non-hydrogen) atoms. The highest BCUT2D eigenvalue weighted by atomic mass is 32.1. The Kier molecular flexibility index (Phi) is 5.86. The maximum Gasteiger partial charge on any atom is 0.269 e. The van der Waals surface area contributed by atoms with Crippen LogP contribution in [0, 0.1) is 19.8 Å². The number of hydrazine groups is 1. The summed E-state index contributed by atoms with van der Waals surface area (Å²) in [4.78, 5) is 41.1. The number of amides is 3. The first-order chi connectivity index (χ1) is 15.0. The summed E-state index contributed by atoms with van der Waals surface area (Å²) in [6, 6.07) is 18.3. The Labute approximate surface area is 184 Å². The number of nitrogens with one attached hydrogen (secondary N) is 2. The Morgan fingerprint density at radius 3 is 2.39 bits per heavy atom. The summed E-state index contributed by atoms with van der Waals surface area (Å²) in [5, 5.41) is 1.93. The predicted molar refractivity (Wildman–Crippen MR) is 121 cm³/mol. The van der Waals surface area contributed by atoms with Crippen molar-refractivity contribution in [3.8, 4) is 0 Å². The van der Waals surface area contributed by atoms with Crippen molar-refractivity contribution in [2.45, 2.75) is 26.3 Å². The monoisotopic (exact) mass is 433 g/mol. The van der Waals surface area contributed by atoms with Gasteiger partial charge in [-0.1, -0.05) is 42.0 Å². The van der Waals surface area contributed by atoms with Crippen LogP contribution in [-0.4, -0.2) is 17.7 Å². The number of thiophene rings is 1. The highest BCUT2D eigenvalue weighted by molar-refractivity contribution is 7.10. The van der Waals surface area contributed by atoms with Gasteiger partial charge in [0.2, 0.25) is 11.8 Å². The third kappa shape index (κ3) is 4.22. The fraction of sp³-hybridized carbons (Fsp3) is 0.208. The zero-order valence-electron chi connectivity index (χ0n) is 17.3. The van der Waals surface area contributed by atoms with Crippen LogP contribution in [0.5, 0.6) is 0 Å². The molecule has 4 rings (SSSR count). The van der Waals surface area contributed by atoms with Gasteiger partial charge in [0.1, 0.15) is 0 Å². The Hall–Kier alpha value is -3.45. The lowest BCUT2D eigenvalue weighted by molar-refractivity contribution is -0.127. The number of aryl methyl sites for hydroxylation is 2. The van der Waals surface area contributed by atoms with E-state index in [-0.39, 0.29) is 24.1 Å². The molecule has 1 aliphatic rings. The first-order valence-corrected chi connectivity index (χ1v) is 10.9. The first kappa shape index (κ1) is 20.8. The van der Waals surface area contributed by atoms with Crippen LogP contribution in [0.3, 0.4) is 0 Å². The van der Waals surface area contributed by atoms with E-state index in [4.69, 9.17) is 0 Å². The Morgan fingerprint density at radius 1 is 0.968 bits per heavy atom. The molecule has 2 unspecified atom stereocenters. The second-order valence-corrected chi connectivity index (χ2v) is 8.61. The predicted octanol–water partition coefficient (Wildman–Crippen LogP) is 3.92. The molecule has 0 bridgehead atoms. The largest absolute Gasteiger partial charge is 0.303 e. The molecule has 2 N–H and O–H groups in total. The standard InChI is InChI=1S/C24H23N3O3S/c1-15-9-11-17(12-10-15)27-21(28)14-19(22(27)20-8-5-13-31-20)24(30)26-25-23(29)18-7-4-3-6-16(18)2/h3-13,19,22H,14H2,1-2H3,(H,25,29)(H,26,30). The second-order valence-electron chi connectivity index (χ2n) is 7.63. The topological polar surface area (TPSA) is 78.5 Å². The normalized spacial score (nSPS) is 18.1. The number of nitrogens with zero attached hydrogens (tertiary/aromatic N) is 1. The fourth-order valence-corrected chi connectivity index (χ4v) is 4.75. The van der Waals surface area contributed by atoms with Gasteiger partial charge in [0.05, 0.1) is 12.0 Å². The molecule has 0 spiro atoms. The van der Waals surface area contributed by atoms with Gasteiger partial charge >= 0.3 is 0 Å². The number of rotatable bonds is 4. The van der Waals surface area contributed by atoms with Crippen molar-refractivity contribution < 1.29 is 14.4 Å². The molecule has 1 fully saturated rings. The van der Waals surface area contributed by atoms with Crippen molar-refractivity contribution in [2.75, 3.05) is 4.90 Å². The fourth-order valence-electron chi connectivity index (χ4n) is 3.87. The van der Waals surface area contributed by atoms with E-state index in [9.17, 15) is 14.4 Å². The summed E-state index contributed by atoms with van der Waals surface area (Å²) in [6.45, 7) is 3.82. The van der Waals surface area contributed by atoms with Gasteiger partial charge < -0.3 is 4.90 Å². The Bertz CT molecular complexity index is 1110. The SMILES string of the molecule is Cc1ccc(N2C(=O)CC(C(=O)NNC(=O)c3ccccc3C)C2c2cccs2)cc1. The molecule has 1 saturated heterocycles. The third-order valence-corrected chi connectivity index (χ3v) is 6.44. The highest BCUT2D eigenvalue weighted by Crippen LogP contribution is 2.43. The number of benzene rings is 2. The molecule has 0 radical (unpaired) electrons. The average molecular weight is 434 g/mol. The highest BCUT2D eigenvalue weighted by Gasteiger charge is 2.45. The maximum absolute atomic E-state index is 13.0. The summed E-state index contributed by atoms with van der Waals surface area (Å²) in [7, 11) is 0. The Balaban J connectivity index is 1.56. The van der Waals surface area contributed by atoms with Gasteiger partial charge in [0.25, 0.3) is 5.91 Å². The minimum atomic E-state index is -0.621. The lowest BCUT2D eigenvalue weighted by Crippen LogP contribution is -2.45. The minimum absolute atomic E-state index is 0.0719. The molecule has 0 aliphatic carbocycles. The average Bonchev–Trinajstić information content (AvgIpc) is 3.40. The van der Waals surface area contributed by atoms with E-state index in [1.54, 1.807) is 17.0 Å². The van der Waals surface area contributed by atoms with Gasteiger partial charge in [-0.15, -0.1) is 11.3 Å². The van der Waals surface area contributed by atoms with E-state index >= 15 is 0 Å². The molecule has 1 aliphatic heterocycles. The minimum Gasteiger partial charge on any atom is -0.303 e. The molecular weight excluding hydrogens is 410 g/mol. The van der Waals surface area contributed by atoms with E-state index in [1.165, 1.54) is 11.3 Å². The van der Waals surface area contributed by atoms with Crippen LogP contribution in [0.2, 0.25) is 0 Å². The van der Waals surface area contributed by atoms with Crippen LogP contribution < -0.4 is 15.8 Å². The van der Waals surface area contributed by atoms with Crippen molar-refractivity contribution in [1.29, 1.82) is 0 Å². The summed E-state index contributed by atoms with van der Waals surface area (Å²) in [5.74, 6) is -1.51. The smallest absolute Gasteiger partial charge is 0.269 e. The van der Waals surface area contributed by atoms with E-state index in [0.29, 0.717) is 5.56 Å². The molecule has 158 valence electrons. The molecule has 3 amide bonds. The van der Waals surface area contributed by atoms with Gasteiger partial charge in [0.15, 0.2) is 0 Å². The van der Waals surface area contributed by atoms with Crippen molar-refractivity contribution in [2.24, 2.45) is 5.92 Å². The lowest BCUT2D eigenvalue weighted by Gasteiger charge is -2.27. The zero-order chi connectivity index (χ0) is 22.0. The molecule has 2 aromatic carbocycles. The molecule has 0 saturated carbocycles. The van der Waals surface area contributed by atoms with E-state index < -0.39 is 12.0 Å². The zero-order valence-corrected chi connectivity index (χ0v) is 18.1. The summed E-state index contributed by atoms with van der Waals surface area (Å²) < 4.78 is 0. The number of carbonyl (C=O) groups excluding carboxylic acids is 3. The van der Waals surface area contributed by atoms with Gasteiger partial charge in [-0.05, 0) is 49.1 Å². The van der Waals surface area contributed by atoms with Crippen LogP contribution in [0.25, 0.3) is 0 Å². The summed E-state index contributed by atoms with van der Waals surface area (Å²) in [6.07, 6.45) is 0.0719. The van der Waals surface area contributed by atoms with E-state index in [2.05, 4.69) is 10.9 Å². The summed E-state index contributed by atoms with van der Waals surface area (Å²) >= 11 is 1.51. The van der Waals surface area contributed by atoms with Crippen molar-refractivity contribution in [3.05, 3.63) is 87.6 Å². The number of carbonyl (C=O) groups is 3. The van der Waals surface area contributed by atoms with Gasteiger partial charge in [0, 0.05) is 22.5 Å². The van der Waals surface area contributed by atoms with Crippen LogP contribution in [0.4, 0.5) is 5.69 Å². The van der Waals surface area contributed by atoms with Crippen LogP contribution in [0.1, 0.15) is 38.8 Å². The van der Waals surface area contributed by atoms with Crippen molar-refractivity contribution in [1.82, 2.24) is 10.9 Å². The van der Waals surface area contributed by atoms with E-state index in [1.807, 2.05) is 67.8 Å². The molecule has 6 nitrogen and oxygen atoms in total. The molecule has 2 atom stereocenters. The van der Waals surface area contributed by atoms with Gasteiger partial charge in [-0.2, -0.15) is 0 Å². The number of hydrogen-bond acceptors (Lipinski definition) is 4. The van der Waals surface area contributed by atoms with E-state index in [0.717, 1.165) is 21.7 Å². The Morgan fingerprint density at radius 2 is 1.71 bits per heavy atom. The van der Waals surface area contributed by atoms with Crippen LogP contribution in [0.15, 0.2) is 66.0 Å². The van der Waals surface area contributed by atoms with Gasteiger partial charge in [-0.25, -0.2) is 0 Å². The maximum atomic E-state index is 13.0.